The van der Waals surface area contributed by atoms with E-state index in [-0.39, 0.29) is 5.54 Å². The normalized spacial score (nSPS) is 19.2. The van der Waals surface area contributed by atoms with Crippen molar-refractivity contribution < 1.29 is 0 Å². The van der Waals surface area contributed by atoms with Crippen molar-refractivity contribution in [1.82, 2.24) is 0 Å². The third kappa shape index (κ3) is 2.95. The summed E-state index contributed by atoms with van der Waals surface area (Å²) in [5.41, 5.74) is 3.32. The predicted octanol–water partition coefficient (Wildman–Crippen LogP) is 5.31. The fourth-order valence-electron chi connectivity index (χ4n) is 4.07. The first-order chi connectivity index (χ1) is 12.2. The fourth-order valence-corrected chi connectivity index (χ4v) is 4.45. The number of amidine groups is 1. The first-order valence-electron chi connectivity index (χ1n) is 9.01. The van der Waals surface area contributed by atoms with E-state index >= 15 is 0 Å². The molecule has 2 aromatic carbocycles. The second kappa shape index (κ2) is 6.60. The number of hydrogen-bond acceptors (Lipinski definition) is 2. The number of anilines is 2. The Morgan fingerprint density at radius 2 is 1.76 bits per heavy atom. The molecule has 25 heavy (non-hydrogen) atoms. The second-order valence-corrected chi connectivity index (χ2v) is 7.37. The summed E-state index contributed by atoms with van der Waals surface area (Å²) in [6, 6.07) is 18.9. The van der Waals surface area contributed by atoms with Crippen LogP contribution in [0.2, 0.25) is 0 Å². The van der Waals surface area contributed by atoms with E-state index < -0.39 is 0 Å². The van der Waals surface area contributed by atoms with Gasteiger partial charge in [0.2, 0.25) is 5.11 Å². The van der Waals surface area contributed by atoms with Gasteiger partial charge < -0.3 is 10.2 Å². The fraction of sp³-hybridized carbons (Fsp3) is 0.333. The predicted molar refractivity (Wildman–Crippen MR) is 110 cm³/mol. The van der Waals surface area contributed by atoms with Crippen LogP contribution in [0.1, 0.15) is 37.7 Å². The zero-order valence-corrected chi connectivity index (χ0v) is 15.4. The maximum absolute atomic E-state index is 5.69. The molecular formula is C21H23N3S. The second-order valence-electron chi connectivity index (χ2n) is 7.00. The van der Waals surface area contributed by atoms with Gasteiger partial charge in [-0.15, -0.1) is 0 Å². The van der Waals surface area contributed by atoms with E-state index in [1.165, 1.54) is 24.8 Å². The molecule has 128 valence electrons. The van der Waals surface area contributed by atoms with Crippen LogP contribution in [-0.4, -0.2) is 16.5 Å². The van der Waals surface area contributed by atoms with Crippen molar-refractivity contribution in [2.24, 2.45) is 4.99 Å². The summed E-state index contributed by atoms with van der Waals surface area (Å²) < 4.78 is 0. The third-order valence-corrected chi connectivity index (χ3v) is 5.52. The van der Waals surface area contributed by atoms with Gasteiger partial charge in [-0.05, 0) is 61.8 Å². The van der Waals surface area contributed by atoms with Gasteiger partial charge in [-0.3, -0.25) is 0 Å². The van der Waals surface area contributed by atoms with E-state index in [9.17, 15) is 0 Å². The van der Waals surface area contributed by atoms with Crippen LogP contribution in [0.5, 0.6) is 0 Å². The molecule has 0 unspecified atom stereocenters. The molecule has 2 aromatic rings. The lowest BCUT2D eigenvalue weighted by Gasteiger charge is -2.42. The summed E-state index contributed by atoms with van der Waals surface area (Å²) in [5, 5.41) is 4.26. The van der Waals surface area contributed by atoms with E-state index in [1.807, 2.05) is 6.07 Å². The van der Waals surface area contributed by atoms with Gasteiger partial charge in [0, 0.05) is 11.4 Å². The Bertz CT molecular complexity index is 807. The average molecular weight is 350 g/mol. The summed E-state index contributed by atoms with van der Waals surface area (Å²) in [5.74, 6) is 1.01. The minimum Gasteiger partial charge on any atom is -0.342 e. The molecule has 3 nitrogen and oxygen atoms in total. The third-order valence-electron chi connectivity index (χ3n) is 5.24. The molecule has 4 rings (SSSR count). The van der Waals surface area contributed by atoms with Crippen molar-refractivity contribution >= 4 is 34.5 Å². The summed E-state index contributed by atoms with van der Waals surface area (Å²) in [7, 11) is 0. The molecule has 0 radical (unpaired) electrons. The topological polar surface area (TPSA) is 27.6 Å². The summed E-state index contributed by atoms with van der Waals surface area (Å²) >= 11 is 5.69. The quantitative estimate of drug-likeness (QED) is 0.744. The van der Waals surface area contributed by atoms with E-state index in [0.717, 1.165) is 30.1 Å². The number of aryl methyl sites for hydroxylation is 1. The van der Waals surface area contributed by atoms with Gasteiger partial charge in [-0.25, -0.2) is 4.99 Å². The molecule has 0 bridgehead atoms. The smallest absolute Gasteiger partial charge is 0.202 e. The lowest BCUT2D eigenvalue weighted by atomic mass is 9.79. The zero-order valence-electron chi connectivity index (χ0n) is 14.5. The van der Waals surface area contributed by atoms with Crippen molar-refractivity contribution in [1.29, 1.82) is 0 Å². The highest BCUT2D eigenvalue weighted by atomic mass is 32.1. The summed E-state index contributed by atoms with van der Waals surface area (Å²) in [6.07, 6.45) is 5.87. The standard InChI is InChI=1S/C21H23N3S/c1-16-9-8-10-17(15-16)22-19-21(13-6-3-7-14-21)24(20(25)23-19)18-11-4-2-5-12-18/h2,4-5,8-12,15H,3,6-7,13-14H2,1H3,(H,22,23,25). The molecule has 1 saturated carbocycles. The van der Waals surface area contributed by atoms with Gasteiger partial charge >= 0.3 is 0 Å². The molecule has 0 saturated heterocycles. The van der Waals surface area contributed by atoms with Crippen LogP contribution in [0.3, 0.4) is 0 Å². The number of para-hydroxylation sites is 1. The molecule has 0 aromatic heterocycles. The highest BCUT2D eigenvalue weighted by Gasteiger charge is 2.49. The molecule has 0 atom stereocenters. The molecular weight excluding hydrogens is 326 g/mol. The Kier molecular flexibility index (Phi) is 4.30. The SMILES string of the molecule is Cc1cccc(NC2=NC(=S)N(c3ccccc3)C23CCCCC3)c1. The van der Waals surface area contributed by atoms with Crippen molar-refractivity contribution in [3.8, 4) is 0 Å². The van der Waals surface area contributed by atoms with Gasteiger partial charge in [-0.1, -0.05) is 49.6 Å². The highest BCUT2D eigenvalue weighted by molar-refractivity contribution is 7.80. The number of aliphatic imine (C=N–C) groups is 1. The molecule has 2 aliphatic rings. The first-order valence-corrected chi connectivity index (χ1v) is 9.42. The lowest BCUT2D eigenvalue weighted by molar-refractivity contribution is 0.386. The first kappa shape index (κ1) is 16.3. The van der Waals surface area contributed by atoms with Crippen molar-refractivity contribution in [3.63, 3.8) is 0 Å². The maximum atomic E-state index is 5.69. The Labute approximate surface area is 154 Å². The average Bonchev–Trinajstić information content (AvgIpc) is 2.87. The lowest BCUT2D eigenvalue weighted by Crippen LogP contribution is -2.55. The van der Waals surface area contributed by atoms with E-state index in [2.05, 4.69) is 65.7 Å². The van der Waals surface area contributed by atoms with Gasteiger partial charge in [0.15, 0.2) is 0 Å². The van der Waals surface area contributed by atoms with Crippen molar-refractivity contribution in [2.45, 2.75) is 44.6 Å². The molecule has 1 aliphatic carbocycles. The van der Waals surface area contributed by atoms with Crippen LogP contribution in [0.25, 0.3) is 0 Å². The Morgan fingerprint density at radius 3 is 2.48 bits per heavy atom. The Hall–Kier alpha value is -2.20. The van der Waals surface area contributed by atoms with Gasteiger partial charge in [0.1, 0.15) is 11.4 Å². The molecule has 0 amide bonds. The monoisotopic (exact) mass is 349 g/mol. The Balaban J connectivity index is 1.73. The van der Waals surface area contributed by atoms with Crippen LogP contribution < -0.4 is 10.2 Å². The van der Waals surface area contributed by atoms with Crippen LogP contribution in [0.15, 0.2) is 59.6 Å². The van der Waals surface area contributed by atoms with Crippen LogP contribution >= 0.6 is 12.2 Å². The highest BCUT2D eigenvalue weighted by Crippen LogP contribution is 2.42. The van der Waals surface area contributed by atoms with Gasteiger partial charge in [-0.2, -0.15) is 0 Å². The number of hydrogen-bond donors (Lipinski definition) is 1. The number of benzene rings is 2. The minimum atomic E-state index is -0.138. The van der Waals surface area contributed by atoms with Crippen molar-refractivity contribution in [3.05, 3.63) is 60.2 Å². The van der Waals surface area contributed by atoms with E-state index in [0.29, 0.717) is 5.11 Å². The van der Waals surface area contributed by atoms with Gasteiger partial charge in [0.25, 0.3) is 0 Å². The maximum Gasteiger partial charge on any atom is 0.202 e. The molecule has 1 fully saturated rings. The number of nitrogens with one attached hydrogen (secondary N) is 1. The van der Waals surface area contributed by atoms with Crippen LogP contribution in [0.4, 0.5) is 11.4 Å². The number of thiocarbonyl (C=S) groups is 1. The van der Waals surface area contributed by atoms with Crippen LogP contribution in [0, 0.1) is 6.92 Å². The molecule has 1 spiro atoms. The zero-order chi connectivity index (χ0) is 17.3. The summed E-state index contributed by atoms with van der Waals surface area (Å²) in [4.78, 5) is 7.09. The van der Waals surface area contributed by atoms with Gasteiger partial charge in [0.05, 0.1) is 0 Å². The Morgan fingerprint density at radius 1 is 1.00 bits per heavy atom. The van der Waals surface area contributed by atoms with Crippen molar-refractivity contribution in [2.75, 3.05) is 10.2 Å². The molecule has 1 N–H and O–H groups in total. The van der Waals surface area contributed by atoms with E-state index in [1.54, 1.807) is 0 Å². The number of nitrogens with zero attached hydrogens (tertiary/aromatic N) is 2. The largest absolute Gasteiger partial charge is 0.342 e. The summed E-state index contributed by atoms with van der Waals surface area (Å²) in [6.45, 7) is 2.11. The number of rotatable bonds is 2. The molecule has 1 heterocycles. The molecule has 4 heteroatoms. The minimum absolute atomic E-state index is 0.138. The molecule has 1 aliphatic heterocycles. The van der Waals surface area contributed by atoms with Crippen LogP contribution in [-0.2, 0) is 0 Å². The van der Waals surface area contributed by atoms with E-state index in [4.69, 9.17) is 17.2 Å².